The number of aromatic carboxylic acids is 1. The van der Waals surface area contributed by atoms with Crippen LogP contribution in [0, 0.1) is 0 Å². The third-order valence-electron chi connectivity index (χ3n) is 3.48. The first-order valence-corrected chi connectivity index (χ1v) is 7.29. The summed E-state index contributed by atoms with van der Waals surface area (Å²) in [5.41, 5.74) is -0.566. The van der Waals surface area contributed by atoms with Gasteiger partial charge in [-0.2, -0.15) is 13.2 Å². The standard InChI is InChI=1S/C16H9BrF3NO2/c17-13-10-3-1-2-4-12(10)21-14(13)9-6-5-8(15(22)23)7-11(9)16(18,19)20/h1-7,21H,(H,22,23). The first-order valence-electron chi connectivity index (χ1n) is 6.50. The van der Waals surface area contributed by atoms with Gasteiger partial charge in [0.2, 0.25) is 0 Å². The van der Waals surface area contributed by atoms with Gasteiger partial charge in [0.25, 0.3) is 0 Å². The number of H-pyrrole nitrogens is 1. The lowest BCUT2D eigenvalue weighted by Crippen LogP contribution is -2.10. The Labute approximate surface area is 136 Å². The average Bonchev–Trinajstić information content (AvgIpc) is 2.83. The summed E-state index contributed by atoms with van der Waals surface area (Å²) in [6.45, 7) is 0. The second-order valence-corrected chi connectivity index (χ2v) is 5.72. The van der Waals surface area contributed by atoms with Crippen molar-refractivity contribution >= 4 is 32.8 Å². The summed E-state index contributed by atoms with van der Waals surface area (Å²) < 4.78 is 40.5. The number of rotatable bonds is 2. The molecule has 2 N–H and O–H groups in total. The summed E-state index contributed by atoms with van der Waals surface area (Å²) in [4.78, 5) is 13.9. The molecule has 0 atom stereocenters. The lowest BCUT2D eigenvalue weighted by Gasteiger charge is -2.13. The molecule has 0 saturated carbocycles. The van der Waals surface area contributed by atoms with Crippen LogP contribution < -0.4 is 0 Å². The number of halogens is 4. The van der Waals surface area contributed by atoms with Gasteiger partial charge in [-0.15, -0.1) is 0 Å². The fourth-order valence-corrected chi connectivity index (χ4v) is 3.08. The molecule has 0 aliphatic carbocycles. The number of carbonyl (C=O) groups is 1. The summed E-state index contributed by atoms with van der Waals surface area (Å²) in [5.74, 6) is -1.40. The number of carboxylic acids is 1. The van der Waals surface area contributed by atoms with Gasteiger partial charge in [0, 0.05) is 16.5 Å². The number of fused-ring (bicyclic) bond motifs is 1. The predicted octanol–water partition coefficient (Wildman–Crippen LogP) is 5.31. The van der Waals surface area contributed by atoms with Crippen molar-refractivity contribution in [1.82, 2.24) is 4.98 Å². The highest BCUT2D eigenvalue weighted by Crippen LogP contribution is 2.42. The molecule has 0 bridgehead atoms. The van der Waals surface area contributed by atoms with Crippen molar-refractivity contribution in [2.45, 2.75) is 6.18 Å². The molecule has 0 unspecified atom stereocenters. The molecular weight excluding hydrogens is 375 g/mol. The molecule has 118 valence electrons. The first kappa shape index (κ1) is 15.6. The molecular formula is C16H9BrF3NO2. The van der Waals surface area contributed by atoms with E-state index in [9.17, 15) is 18.0 Å². The van der Waals surface area contributed by atoms with Gasteiger partial charge >= 0.3 is 12.1 Å². The van der Waals surface area contributed by atoms with Crippen molar-refractivity contribution < 1.29 is 23.1 Å². The average molecular weight is 384 g/mol. The van der Waals surface area contributed by atoms with Gasteiger partial charge in [-0.3, -0.25) is 0 Å². The smallest absolute Gasteiger partial charge is 0.417 e. The zero-order chi connectivity index (χ0) is 16.8. The van der Waals surface area contributed by atoms with Crippen LogP contribution in [0.25, 0.3) is 22.2 Å². The lowest BCUT2D eigenvalue weighted by molar-refractivity contribution is -0.137. The fourth-order valence-electron chi connectivity index (χ4n) is 2.42. The number of hydrogen-bond donors (Lipinski definition) is 2. The first-order chi connectivity index (χ1) is 10.8. The van der Waals surface area contributed by atoms with Crippen LogP contribution in [0.15, 0.2) is 46.9 Å². The molecule has 0 radical (unpaired) electrons. The Balaban J connectivity index is 2.30. The largest absolute Gasteiger partial charge is 0.478 e. The van der Waals surface area contributed by atoms with E-state index in [1.54, 1.807) is 24.3 Å². The van der Waals surface area contributed by atoms with Crippen LogP contribution in [-0.4, -0.2) is 16.1 Å². The third-order valence-corrected chi connectivity index (χ3v) is 4.31. The van der Waals surface area contributed by atoms with Crippen molar-refractivity contribution in [2.24, 2.45) is 0 Å². The molecule has 7 heteroatoms. The minimum atomic E-state index is -4.67. The van der Waals surface area contributed by atoms with Crippen LogP contribution in [0.3, 0.4) is 0 Å². The SMILES string of the molecule is O=C(O)c1ccc(-c2[nH]c3ccccc3c2Br)c(C(F)(F)F)c1. The maximum atomic E-state index is 13.3. The molecule has 0 fully saturated rings. The molecule has 0 amide bonds. The van der Waals surface area contributed by atoms with Gasteiger partial charge in [0.1, 0.15) is 0 Å². The van der Waals surface area contributed by atoms with Crippen molar-refractivity contribution in [1.29, 1.82) is 0 Å². The minimum absolute atomic E-state index is 0.106. The van der Waals surface area contributed by atoms with E-state index in [1.807, 2.05) is 0 Å². The third kappa shape index (κ3) is 2.72. The number of aromatic amines is 1. The molecule has 1 heterocycles. The van der Waals surface area contributed by atoms with E-state index < -0.39 is 23.3 Å². The number of benzene rings is 2. The Kier molecular flexibility index (Phi) is 3.68. The van der Waals surface area contributed by atoms with E-state index in [2.05, 4.69) is 20.9 Å². The van der Waals surface area contributed by atoms with E-state index in [-0.39, 0.29) is 11.3 Å². The molecule has 3 aromatic rings. The Morgan fingerprint density at radius 1 is 1.13 bits per heavy atom. The highest BCUT2D eigenvalue weighted by atomic mass is 79.9. The highest BCUT2D eigenvalue weighted by molar-refractivity contribution is 9.10. The van der Waals surface area contributed by atoms with Crippen molar-refractivity contribution in [2.75, 3.05) is 0 Å². The highest BCUT2D eigenvalue weighted by Gasteiger charge is 2.35. The summed E-state index contributed by atoms with van der Waals surface area (Å²) in [7, 11) is 0. The van der Waals surface area contributed by atoms with E-state index in [0.29, 0.717) is 16.1 Å². The van der Waals surface area contributed by atoms with E-state index in [4.69, 9.17) is 5.11 Å². The van der Waals surface area contributed by atoms with Crippen LogP contribution in [0.5, 0.6) is 0 Å². The van der Waals surface area contributed by atoms with Crippen molar-refractivity contribution in [3.63, 3.8) is 0 Å². The summed E-state index contributed by atoms with van der Waals surface area (Å²) >= 11 is 3.32. The van der Waals surface area contributed by atoms with E-state index in [1.165, 1.54) is 6.07 Å². The number of alkyl halides is 3. The van der Waals surface area contributed by atoms with Crippen LogP contribution in [0.2, 0.25) is 0 Å². The summed E-state index contributed by atoms with van der Waals surface area (Å²) in [6, 6.07) is 10.1. The number of para-hydroxylation sites is 1. The maximum absolute atomic E-state index is 13.3. The van der Waals surface area contributed by atoms with Gasteiger partial charge in [-0.25, -0.2) is 4.79 Å². The van der Waals surface area contributed by atoms with Gasteiger partial charge in [-0.1, -0.05) is 24.3 Å². The molecule has 0 spiro atoms. The second kappa shape index (κ2) is 5.42. The zero-order valence-corrected chi connectivity index (χ0v) is 13.0. The quantitative estimate of drug-likeness (QED) is 0.629. The van der Waals surface area contributed by atoms with Gasteiger partial charge in [0.15, 0.2) is 0 Å². The molecule has 0 saturated heterocycles. The topological polar surface area (TPSA) is 53.1 Å². The van der Waals surface area contributed by atoms with Crippen molar-refractivity contribution in [3.05, 3.63) is 58.1 Å². The number of carboxylic acid groups (broad SMARTS) is 1. The van der Waals surface area contributed by atoms with Crippen LogP contribution in [0.1, 0.15) is 15.9 Å². The molecule has 1 aromatic heterocycles. The number of hydrogen-bond acceptors (Lipinski definition) is 1. The summed E-state index contributed by atoms with van der Waals surface area (Å²) in [6.07, 6.45) is -4.67. The van der Waals surface area contributed by atoms with E-state index in [0.717, 1.165) is 11.5 Å². The Morgan fingerprint density at radius 3 is 2.43 bits per heavy atom. The molecule has 3 nitrogen and oxygen atoms in total. The molecule has 2 aromatic carbocycles. The Bertz CT molecular complexity index is 915. The molecule has 0 aliphatic heterocycles. The molecule has 0 aliphatic rings. The normalized spacial score (nSPS) is 11.8. The van der Waals surface area contributed by atoms with Gasteiger partial charge in [-0.05, 0) is 34.1 Å². The second-order valence-electron chi connectivity index (χ2n) is 4.92. The van der Waals surface area contributed by atoms with Gasteiger partial charge in [0.05, 0.1) is 21.3 Å². The van der Waals surface area contributed by atoms with Gasteiger partial charge < -0.3 is 10.1 Å². The number of nitrogens with one attached hydrogen (secondary N) is 1. The van der Waals surface area contributed by atoms with Crippen molar-refractivity contribution in [3.8, 4) is 11.3 Å². The lowest BCUT2D eigenvalue weighted by atomic mass is 10.0. The Hall–Kier alpha value is -2.28. The molecule has 23 heavy (non-hydrogen) atoms. The predicted molar refractivity (Wildman–Crippen MR) is 83.4 cm³/mol. The Morgan fingerprint density at radius 2 is 1.83 bits per heavy atom. The van der Waals surface area contributed by atoms with Crippen LogP contribution >= 0.6 is 15.9 Å². The monoisotopic (exact) mass is 383 g/mol. The molecule has 3 rings (SSSR count). The van der Waals surface area contributed by atoms with Crippen LogP contribution in [-0.2, 0) is 6.18 Å². The van der Waals surface area contributed by atoms with E-state index >= 15 is 0 Å². The maximum Gasteiger partial charge on any atom is 0.417 e. The number of aromatic nitrogens is 1. The zero-order valence-electron chi connectivity index (χ0n) is 11.4. The summed E-state index contributed by atoms with van der Waals surface area (Å²) in [5, 5.41) is 9.67. The fraction of sp³-hybridized carbons (Fsp3) is 0.0625. The minimum Gasteiger partial charge on any atom is -0.478 e. The van der Waals surface area contributed by atoms with Crippen LogP contribution in [0.4, 0.5) is 13.2 Å².